The van der Waals surface area contributed by atoms with Crippen LogP contribution in [-0.4, -0.2) is 18.2 Å². The third-order valence-corrected chi connectivity index (χ3v) is 5.90. The van der Waals surface area contributed by atoms with Gasteiger partial charge in [-0.15, -0.1) is 11.3 Å². The number of rotatable bonds is 7. The first-order chi connectivity index (χ1) is 9.67. The van der Waals surface area contributed by atoms with Crippen molar-refractivity contribution < 1.29 is 9.05 Å². The second-order valence-electron chi connectivity index (χ2n) is 3.85. The van der Waals surface area contributed by atoms with Crippen molar-refractivity contribution in [1.82, 2.24) is 4.98 Å². The van der Waals surface area contributed by atoms with Gasteiger partial charge < -0.3 is 9.05 Å². The highest BCUT2D eigenvalue weighted by Gasteiger charge is 2.19. The molecule has 0 fully saturated rings. The predicted molar refractivity (Wildman–Crippen MR) is 88.7 cm³/mol. The summed E-state index contributed by atoms with van der Waals surface area (Å²) in [6, 6.07) is 10.0. The molecule has 4 nitrogen and oxygen atoms in total. The Morgan fingerprint density at radius 1 is 1.20 bits per heavy atom. The highest BCUT2D eigenvalue weighted by molar-refractivity contribution is 8.10. The van der Waals surface area contributed by atoms with E-state index in [1.807, 2.05) is 49.6 Å². The lowest BCUT2D eigenvalue weighted by Gasteiger charge is -2.20. The van der Waals surface area contributed by atoms with Crippen LogP contribution in [0.25, 0.3) is 11.3 Å². The van der Waals surface area contributed by atoms with Gasteiger partial charge in [0, 0.05) is 10.9 Å². The molecule has 7 heteroatoms. The van der Waals surface area contributed by atoms with E-state index >= 15 is 0 Å². The fourth-order valence-electron chi connectivity index (χ4n) is 1.63. The van der Waals surface area contributed by atoms with Gasteiger partial charge in [0.2, 0.25) is 0 Å². The van der Waals surface area contributed by atoms with E-state index < -0.39 is 6.64 Å². The summed E-state index contributed by atoms with van der Waals surface area (Å²) in [6.45, 7) is 2.35. The van der Waals surface area contributed by atoms with Gasteiger partial charge in [0.05, 0.1) is 18.9 Å². The van der Waals surface area contributed by atoms with Gasteiger partial charge in [-0.3, -0.25) is 5.09 Å². The molecule has 0 aliphatic heterocycles. The number of nitrogens with zero attached hydrogens (tertiary/aromatic N) is 1. The van der Waals surface area contributed by atoms with Crippen LogP contribution in [0.5, 0.6) is 0 Å². The number of hydrogen-bond acceptors (Lipinski definition) is 5. The lowest BCUT2D eigenvalue weighted by molar-refractivity contribution is 0.271. The van der Waals surface area contributed by atoms with Gasteiger partial charge in [-0.1, -0.05) is 30.3 Å². The van der Waals surface area contributed by atoms with Crippen LogP contribution in [0.3, 0.4) is 0 Å². The molecule has 0 radical (unpaired) electrons. The van der Waals surface area contributed by atoms with Crippen LogP contribution in [0.15, 0.2) is 35.7 Å². The van der Waals surface area contributed by atoms with Crippen molar-refractivity contribution in [2.75, 3.05) is 18.3 Å². The number of thiazole rings is 1. The molecule has 0 atom stereocenters. The quantitative estimate of drug-likeness (QED) is 0.757. The lowest BCUT2D eigenvalue weighted by atomic mass is 10.2. The molecule has 108 valence electrons. The van der Waals surface area contributed by atoms with Crippen LogP contribution < -0.4 is 5.09 Å². The molecule has 0 aliphatic rings. The number of benzene rings is 1. The van der Waals surface area contributed by atoms with Crippen molar-refractivity contribution >= 4 is 34.9 Å². The predicted octanol–water partition coefficient (Wildman–Crippen LogP) is 4.52. The van der Waals surface area contributed by atoms with Crippen LogP contribution in [0.1, 0.15) is 13.8 Å². The fraction of sp³-hybridized carbons (Fsp3) is 0.308. The highest BCUT2D eigenvalue weighted by atomic mass is 32.5. The first-order valence-electron chi connectivity index (χ1n) is 6.35. The maximum Gasteiger partial charge on any atom is 0.289 e. The molecule has 0 spiro atoms. The molecule has 0 aliphatic carbocycles. The van der Waals surface area contributed by atoms with Gasteiger partial charge in [-0.2, -0.15) is 0 Å². The number of hydrogen-bond donors (Lipinski definition) is 1. The molecule has 1 N–H and O–H groups in total. The van der Waals surface area contributed by atoms with Gasteiger partial charge in [-0.25, -0.2) is 4.98 Å². The summed E-state index contributed by atoms with van der Waals surface area (Å²) in [5.41, 5.74) is 2.01. The normalized spacial score (nSPS) is 11.5. The van der Waals surface area contributed by atoms with Gasteiger partial charge in [0.15, 0.2) is 5.13 Å². The van der Waals surface area contributed by atoms with Gasteiger partial charge >= 0.3 is 0 Å². The maximum absolute atomic E-state index is 5.55. The van der Waals surface area contributed by atoms with E-state index in [9.17, 15) is 0 Å². The average molecular weight is 328 g/mol. The van der Waals surface area contributed by atoms with E-state index in [0.29, 0.717) is 13.2 Å². The van der Waals surface area contributed by atoms with Crippen molar-refractivity contribution in [3.05, 3.63) is 35.7 Å². The maximum atomic E-state index is 5.55. The fourth-order valence-corrected chi connectivity index (χ4v) is 4.99. The van der Waals surface area contributed by atoms with Crippen molar-refractivity contribution in [1.29, 1.82) is 0 Å². The van der Waals surface area contributed by atoms with Crippen molar-refractivity contribution in [3.8, 4) is 11.3 Å². The highest BCUT2D eigenvalue weighted by Crippen LogP contribution is 2.48. The molecule has 2 rings (SSSR count). The molecule has 1 aromatic heterocycles. The van der Waals surface area contributed by atoms with Crippen molar-refractivity contribution in [3.63, 3.8) is 0 Å². The van der Waals surface area contributed by atoms with Crippen LogP contribution in [-0.2, 0) is 20.9 Å². The molecule has 1 heterocycles. The Hall–Kier alpha value is -0.780. The van der Waals surface area contributed by atoms with E-state index in [2.05, 4.69) is 10.1 Å². The smallest absolute Gasteiger partial charge is 0.289 e. The van der Waals surface area contributed by atoms with Crippen LogP contribution >= 0.6 is 18.0 Å². The van der Waals surface area contributed by atoms with E-state index in [-0.39, 0.29) is 0 Å². The minimum Gasteiger partial charge on any atom is -0.314 e. The van der Waals surface area contributed by atoms with E-state index in [1.165, 1.54) is 11.3 Å². The van der Waals surface area contributed by atoms with Gasteiger partial charge in [0.1, 0.15) is 0 Å². The largest absolute Gasteiger partial charge is 0.314 e. The summed E-state index contributed by atoms with van der Waals surface area (Å²) in [7, 11) is 0. The molecular formula is C13H17N2O2PS2. The van der Waals surface area contributed by atoms with Crippen molar-refractivity contribution in [2.45, 2.75) is 13.8 Å². The van der Waals surface area contributed by atoms with E-state index in [1.54, 1.807) is 0 Å². The minimum absolute atomic E-state index is 0.515. The summed E-state index contributed by atoms with van der Waals surface area (Å²) in [5.74, 6) is 0. The van der Waals surface area contributed by atoms with Crippen LogP contribution in [0.2, 0.25) is 0 Å². The molecule has 1 aromatic carbocycles. The third kappa shape index (κ3) is 4.11. The molecular weight excluding hydrogens is 311 g/mol. The number of nitrogens with one attached hydrogen (secondary N) is 1. The van der Waals surface area contributed by atoms with Gasteiger partial charge in [-0.05, 0) is 25.7 Å². The monoisotopic (exact) mass is 328 g/mol. The summed E-state index contributed by atoms with van der Waals surface area (Å²) >= 11 is 6.93. The molecule has 2 aromatic rings. The second-order valence-corrected chi connectivity index (χ2v) is 7.88. The van der Waals surface area contributed by atoms with Gasteiger partial charge in [0.25, 0.3) is 6.64 Å². The van der Waals surface area contributed by atoms with Crippen molar-refractivity contribution in [2.24, 2.45) is 0 Å². The Bertz CT molecular complexity index is 579. The molecule has 0 amide bonds. The summed E-state index contributed by atoms with van der Waals surface area (Å²) in [6.07, 6.45) is 0. The zero-order valence-electron chi connectivity index (χ0n) is 11.4. The van der Waals surface area contributed by atoms with E-state index in [0.717, 1.165) is 16.4 Å². The molecule has 0 unspecified atom stereocenters. The molecule has 0 saturated heterocycles. The summed E-state index contributed by atoms with van der Waals surface area (Å²) in [5, 5.41) is 5.86. The SMILES string of the molecule is CCOP(=S)(Nc1nc(-c2ccccc2)cs1)OCC. The Labute approximate surface area is 128 Å². The zero-order valence-corrected chi connectivity index (χ0v) is 13.9. The first kappa shape index (κ1) is 15.6. The number of aromatic nitrogens is 1. The first-order valence-corrected chi connectivity index (χ1v) is 9.87. The Morgan fingerprint density at radius 2 is 1.85 bits per heavy atom. The summed E-state index contributed by atoms with van der Waals surface area (Å²) < 4.78 is 11.1. The molecule has 0 saturated carbocycles. The molecule has 20 heavy (non-hydrogen) atoms. The Kier molecular flexibility index (Phi) is 5.69. The van der Waals surface area contributed by atoms with Crippen LogP contribution in [0, 0.1) is 0 Å². The third-order valence-electron chi connectivity index (χ3n) is 2.40. The lowest BCUT2D eigenvalue weighted by Crippen LogP contribution is -2.04. The molecule has 0 bridgehead atoms. The average Bonchev–Trinajstić information content (AvgIpc) is 2.88. The number of anilines is 1. The Morgan fingerprint density at radius 3 is 2.45 bits per heavy atom. The second kappa shape index (κ2) is 7.29. The zero-order chi connectivity index (χ0) is 14.4. The van der Waals surface area contributed by atoms with E-state index in [4.69, 9.17) is 20.9 Å². The topological polar surface area (TPSA) is 43.4 Å². The Balaban J connectivity index is 2.15. The minimum atomic E-state index is -2.49. The summed E-state index contributed by atoms with van der Waals surface area (Å²) in [4.78, 5) is 4.54. The standard InChI is InChI=1S/C13H17N2O2PS2/c1-3-16-18(19,17-4-2)15-13-14-12(10-20-13)11-8-6-5-7-9-11/h5-10H,3-4H2,1-2H3,(H,14,15,19). The van der Waals surface area contributed by atoms with Crippen LogP contribution in [0.4, 0.5) is 5.13 Å².